The highest BCUT2D eigenvalue weighted by atomic mass is 16.3. The summed E-state index contributed by atoms with van der Waals surface area (Å²) in [7, 11) is 0. The Labute approximate surface area is 322 Å². The number of hydrogen-bond acceptors (Lipinski definition) is 4. The lowest BCUT2D eigenvalue weighted by Gasteiger charge is -2.11. The van der Waals surface area contributed by atoms with E-state index in [0.29, 0.717) is 17.6 Å². The molecule has 0 bridgehead atoms. The molecule has 0 aliphatic heterocycles. The van der Waals surface area contributed by atoms with Crippen LogP contribution >= 0.6 is 0 Å². The predicted molar refractivity (Wildman–Crippen MR) is 229 cm³/mol. The van der Waals surface area contributed by atoms with E-state index < -0.39 is 0 Å². The first-order chi connectivity index (χ1) is 27.7. The molecule has 11 aromatic rings. The molecule has 0 saturated carbocycles. The first-order valence-corrected chi connectivity index (χ1v) is 18.8. The van der Waals surface area contributed by atoms with E-state index in [0.717, 1.165) is 77.1 Å². The molecule has 11 rings (SSSR count). The van der Waals surface area contributed by atoms with E-state index in [1.165, 1.54) is 11.1 Å². The van der Waals surface area contributed by atoms with Gasteiger partial charge >= 0.3 is 0 Å². The van der Waals surface area contributed by atoms with E-state index in [1.807, 2.05) is 36.4 Å². The second-order valence-electron chi connectivity index (χ2n) is 14.0. The minimum Gasteiger partial charge on any atom is -0.456 e. The van der Waals surface area contributed by atoms with E-state index >= 15 is 0 Å². The van der Waals surface area contributed by atoms with Crippen molar-refractivity contribution in [3.63, 3.8) is 0 Å². The minimum absolute atomic E-state index is 0.569. The van der Waals surface area contributed by atoms with Crippen molar-refractivity contribution in [3.8, 4) is 62.1 Å². The number of benzene rings is 8. The molecule has 0 fully saturated rings. The van der Waals surface area contributed by atoms with Crippen molar-refractivity contribution >= 4 is 43.7 Å². The molecule has 0 spiro atoms. The fraction of sp³-hybridized carbons (Fsp3) is 0. The quantitative estimate of drug-likeness (QED) is 0.172. The largest absolute Gasteiger partial charge is 0.456 e. The van der Waals surface area contributed by atoms with Gasteiger partial charge in [-0.1, -0.05) is 158 Å². The van der Waals surface area contributed by atoms with Crippen LogP contribution in [0.2, 0.25) is 0 Å². The maximum absolute atomic E-state index is 6.37. The molecule has 8 aromatic carbocycles. The number of fused-ring (bicyclic) bond motifs is 6. The number of furan rings is 1. The average molecular weight is 717 g/mol. The Morgan fingerprint density at radius 3 is 1.61 bits per heavy atom. The number of hydrogen-bond donors (Lipinski definition) is 0. The zero-order valence-electron chi connectivity index (χ0n) is 30.2. The SMILES string of the molecule is c1ccc(-c2ccc(-c3nc(-c4ccccc4)nc(-n4c5ccccc5c5cc(-c6ccc7oc8cccc(-c9ccccc9)c8c7c6)ccc54)n3)cc2)cc1. The molecule has 0 radical (unpaired) electrons. The van der Waals surface area contributed by atoms with Gasteiger partial charge in [0.1, 0.15) is 11.2 Å². The summed E-state index contributed by atoms with van der Waals surface area (Å²) < 4.78 is 8.54. The van der Waals surface area contributed by atoms with Gasteiger partial charge in [0, 0.05) is 32.7 Å². The number of nitrogens with zero attached hydrogens (tertiary/aromatic N) is 4. The maximum atomic E-state index is 6.37. The van der Waals surface area contributed by atoms with E-state index in [9.17, 15) is 0 Å². The van der Waals surface area contributed by atoms with E-state index in [1.54, 1.807) is 0 Å². The van der Waals surface area contributed by atoms with Crippen molar-refractivity contribution in [3.05, 3.63) is 194 Å². The molecule has 5 nitrogen and oxygen atoms in total. The lowest BCUT2D eigenvalue weighted by Crippen LogP contribution is -2.06. The van der Waals surface area contributed by atoms with Crippen LogP contribution in [0.5, 0.6) is 0 Å². The Balaban J connectivity index is 1.07. The van der Waals surface area contributed by atoms with Crippen LogP contribution in [-0.2, 0) is 0 Å². The maximum Gasteiger partial charge on any atom is 0.238 e. The Morgan fingerprint density at radius 1 is 0.339 bits per heavy atom. The van der Waals surface area contributed by atoms with Gasteiger partial charge in [-0.05, 0) is 69.8 Å². The van der Waals surface area contributed by atoms with Crippen molar-refractivity contribution in [2.75, 3.05) is 0 Å². The summed E-state index contributed by atoms with van der Waals surface area (Å²) in [4.78, 5) is 15.3. The van der Waals surface area contributed by atoms with Gasteiger partial charge in [0.05, 0.1) is 11.0 Å². The first-order valence-electron chi connectivity index (χ1n) is 18.8. The molecule has 3 aromatic heterocycles. The van der Waals surface area contributed by atoms with Crippen molar-refractivity contribution < 1.29 is 4.42 Å². The lowest BCUT2D eigenvalue weighted by molar-refractivity contribution is 0.669. The van der Waals surface area contributed by atoms with Crippen LogP contribution in [0, 0.1) is 0 Å². The highest BCUT2D eigenvalue weighted by Gasteiger charge is 2.19. The fourth-order valence-electron chi connectivity index (χ4n) is 7.99. The average Bonchev–Trinajstić information content (AvgIpc) is 3.82. The van der Waals surface area contributed by atoms with Crippen molar-refractivity contribution in [2.45, 2.75) is 0 Å². The Kier molecular flexibility index (Phi) is 7.42. The smallest absolute Gasteiger partial charge is 0.238 e. The van der Waals surface area contributed by atoms with Crippen molar-refractivity contribution in [2.24, 2.45) is 0 Å². The predicted octanol–water partition coefficient (Wildman–Crippen LogP) is 13.2. The van der Waals surface area contributed by atoms with E-state index in [4.69, 9.17) is 19.4 Å². The molecule has 262 valence electrons. The second kappa shape index (κ2) is 13.0. The highest BCUT2D eigenvalue weighted by Crippen LogP contribution is 2.40. The zero-order valence-corrected chi connectivity index (χ0v) is 30.2. The summed E-state index contributed by atoms with van der Waals surface area (Å²) in [6.07, 6.45) is 0. The van der Waals surface area contributed by atoms with Crippen molar-refractivity contribution in [1.29, 1.82) is 0 Å². The van der Waals surface area contributed by atoms with Crippen molar-refractivity contribution in [1.82, 2.24) is 19.5 Å². The molecule has 3 heterocycles. The molecule has 0 atom stereocenters. The van der Waals surface area contributed by atoms with Gasteiger partial charge in [0.25, 0.3) is 0 Å². The second-order valence-corrected chi connectivity index (χ2v) is 14.0. The van der Waals surface area contributed by atoms with E-state index in [-0.39, 0.29) is 0 Å². The van der Waals surface area contributed by atoms with Crippen LogP contribution < -0.4 is 0 Å². The van der Waals surface area contributed by atoms with Gasteiger partial charge in [-0.3, -0.25) is 4.57 Å². The molecule has 0 saturated heterocycles. The van der Waals surface area contributed by atoms with Gasteiger partial charge in [-0.15, -0.1) is 0 Å². The summed E-state index contributed by atoms with van der Waals surface area (Å²) in [5.74, 6) is 1.81. The van der Waals surface area contributed by atoms with Crippen LogP contribution in [0.4, 0.5) is 0 Å². The third kappa shape index (κ3) is 5.37. The summed E-state index contributed by atoms with van der Waals surface area (Å²) in [5.41, 5.74) is 12.5. The monoisotopic (exact) mass is 716 g/mol. The standard InChI is InChI=1S/C51H32N4O/c1-4-13-33(14-5-1)34-23-25-37(26-24-34)50-52-49(36-17-8-3-9-18-36)53-51(54-50)55-44-21-11-10-19-41(44)42-31-38(27-29-45(42)55)39-28-30-46-43(32-39)48-40(20-12-22-47(48)56-46)35-15-6-2-7-16-35/h1-32H. The van der Waals surface area contributed by atoms with Crippen LogP contribution in [0.3, 0.4) is 0 Å². The lowest BCUT2D eigenvalue weighted by atomic mass is 9.97. The number of rotatable bonds is 6. The third-order valence-electron chi connectivity index (χ3n) is 10.7. The number of aromatic nitrogens is 4. The summed E-state index contributed by atoms with van der Waals surface area (Å²) in [5, 5.41) is 4.47. The summed E-state index contributed by atoms with van der Waals surface area (Å²) in [6.45, 7) is 0. The first kappa shape index (κ1) is 31.9. The summed E-state index contributed by atoms with van der Waals surface area (Å²) in [6, 6.07) is 67.5. The molecule has 0 aliphatic carbocycles. The molecule has 0 amide bonds. The van der Waals surface area contributed by atoms with Gasteiger partial charge in [-0.25, -0.2) is 4.98 Å². The van der Waals surface area contributed by atoms with Gasteiger partial charge in [-0.2, -0.15) is 9.97 Å². The fourth-order valence-corrected chi connectivity index (χ4v) is 7.99. The molecule has 0 unspecified atom stereocenters. The topological polar surface area (TPSA) is 56.7 Å². The minimum atomic E-state index is 0.569. The Hall–Kier alpha value is -7.63. The third-order valence-corrected chi connectivity index (χ3v) is 10.7. The zero-order chi connectivity index (χ0) is 37.0. The summed E-state index contributed by atoms with van der Waals surface area (Å²) >= 11 is 0. The van der Waals surface area contributed by atoms with Gasteiger partial charge in [0.15, 0.2) is 11.6 Å². The number of para-hydroxylation sites is 1. The molecule has 0 N–H and O–H groups in total. The van der Waals surface area contributed by atoms with Gasteiger partial charge in [0.2, 0.25) is 5.95 Å². The Bertz CT molecular complexity index is 3220. The van der Waals surface area contributed by atoms with Gasteiger partial charge < -0.3 is 4.42 Å². The van der Waals surface area contributed by atoms with E-state index in [2.05, 4.69) is 162 Å². The molecule has 5 heteroatoms. The molecule has 0 aliphatic rings. The Morgan fingerprint density at radius 2 is 0.875 bits per heavy atom. The van der Waals surface area contributed by atoms with Crippen LogP contribution in [-0.4, -0.2) is 19.5 Å². The molecular weight excluding hydrogens is 685 g/mol. The normalized spacial score (nSPS) is 11.6. The van der Waals surface area contributed by atoms with Crippen LogP contribution in [0.1, 0.15) is 0 Å². The molecular formula is C51H32N4O. The van der Waals surface area contributed by atoms with Crippen LogP contribution in [0.15, 0.2) is 199 Å². The van der Waals surface area contributed by atoms with Crippen LogP contribution in [0.25, 0.3) is 106 Å². The highest BCUT2D eigenvalue weighted by molar-refractivity contribution is 6.14. The molecule has 56 heavy (non-hydrogen) atoms.